The van der Waals surface area contributed by atoms with Gasteiger partial charge in [-0.3, -0.25) is 5.09 Å². The lowest BCUT2D eigenvalue weighted by Crippen LogP contribution is -2.11. The topological polar surface area (TPSA) is 56.8 Å². The fourth-order valence-corrected chi connectivity index (χ4v) is 4.45. The first-order chi connectivity index (χ1) is 14.3. The molecular weight excluding hydrogens is 397 g/mol. The van der Waals surface area contributed by atoms with E-state index in [2.05, 4.69) is 5.09 Å². The van der Waals surface area contributed by atoms with E-state index in [4.69, 9.17) is 13.8 Å². The van der Waals surface area contributed by atoms with Gasteiger partial charge in [-0.15, -0.1) is 0 Å². The number of nitrogens with one attached hydrogen (secondary N) is 1. The Balaban J connectivity index is 1.99. The zero-order chi connectivity index (χ0) is 21.7. The van der Waals surface area contributed by atoms with Crippen molar-refractivity contribution in [2.24, 2.45) is 0 Å². The van der Waals surface area contributed by atoms with E-state index in [0.29, 0.717) is 29.5 Å². The van der Waals surface area contributed by atoms with Gasteiger partial charge in [-0.2, -0.15) is 0 Å². The van der Waals surface area contributed by atoms with Crippen LogP contribution in [0.3, 0.4) is 0 Å². The third-order valence-electron chi connectivity index (χ3n) is 4.96. The first kappa shape index (κ1) is 21.8. The lowest BCUT2D eigenvalue weighted by atomic mass is 10.1. The zero-order valence-corrected chi connectivity index (χ0v) is 19.0. The molecule has 1 N–H and O–H groups in total. The van der Waals surface area contributed by atoms with E-state index in [1.165, 1.54) is 0 Å². The molecule has 0 saturated heterocycles. The molecule has 0 bridgehead atoms. The molecule has 0 aromatic heterocycles. The van der Waals surface area contributed by atoms with Gasteiger partial charge in [0.05, 0.1) is 6.61 Å². The molecule has 0 fully saturated rings. The third kappa shape index (κ3) is 5.17. The number of aryl methyl sites for hydroxylation is 2. The van der Waals surface area contributed by atoms with Gasteiger partial charge >= 0.3 is 7.75 Å². The summed E-state index contributed by atoms with van der Waals surface area (Å²) in [6.07, 6.45) is 0. The molecule has 0 unspecified atom stereocenters. The molecule has 6 heteroatoms. The molecule has 0 aliphatic rings. The number of hydrogen-bond donors (Lipinski definition) is 1. The van der Waals surface area contributed by atoms with E-state index >= 15 is 0 Å². The van der Waals surface area contributed by atoms with Crippen molar-refractivity contribution in [1.82, 2.24) is 0 Å². The van der Waals surface area contributed by atoms with Gasteiger partial charge < -0.3 is 13.8 Å². The van der Waals surface area contributed by atoms with E-state index in [9.17, 15) is 4.57 Å². The van der Waals surface area contributed by atoms with Crippen LogP contribution in [-0.2, 0) is 4.57 Å². The van der Waals surface area contributed by atoms with E-state index in [1.807, 2.05) is 71.0 Å². The minimum Gasteiger partial charge on any atom is -0.494 e. The van der Waals surface area contributed by atoms with Gasteiger partial charge in [-0.1, -0.05) is 30.3 Å². The maximum absolute atomic E-state index is 13.9. The normalized spacial score (nSPS) is 11.1. The summed E-state index contributed by atoms with van der Waals surface area (Å²) >= 11 is 0. The Labute approximate surface area is 178 Å². The average molecular weight is 425 g/mol. The molecule has 0 atom stereocenters. The lowest BCUT2D eigenvalue weighted by Gasteiger charge is -2.23. The summed E-state index contributed by atoms with van der Waals surface area (Å²) in [5.41, 5.74) is 4.49. The van der Waals surface area contributed by atoms with Crippen molar-refractivity contribution in [2.75, 3.05) is 11.7 Å². The van der Waals surface area contributed by atoms with Crippen LogP contribution in [0.2, 0.25) is 0 Å². The van der Waals surface area contributed by atoms with Crippen molar-refractivity contribution < 1.29 is 18.3 Å². The van der Waals surface area contributed by atoms with Crippen LogP contribution in [0.4, 0.5) is 5.69 Å². The Morgan fingerprint density at radius 2 is 1.33 bits per heavy atom. The highest BCUT2D eigenvalue weighted by Crippen LogP contribution is 2.50. The third-order valence-corrected chi connectivity index (χ3v) is 6.36. The van der Waals surface area contributed by atoms with Crippen molar-refractivity contribution in [2.45, 2.75) is 34.6 Å². The summed E-state index contributed by atoms with van der Waals surface area (Å²) in [5.74, 6) is 1.70. The summed E-state index contributed by atoms with van der Waals surface area (Å²) < 4.78 is 31.5. The smallest absolute Gasteiger partial charge is 0.494 e. The molecule has 3 aromatic carbocycles. The molecule has 0 saturated carbocycles. The van der Waals surface area contributed by atoms with Crippen molar-refractivity contribution in [3.63, 3.8) is 0 Å². The zero-order valence-electron chi connectivity index (χ0n) is 18.1. The van der Waals surface area contributed by atoms with Crippen LogP contribution in [0.1, 0.15) is 29.2 Å². The number of ether oxygens (including phenoxy) is 1. The first-order valence-electron chi connectivity index (χ1n) is 9.94. The highest BCUT2D eigenvalue weighted by Gasteiger charge is 2.31. The summed E-state index contributed by atoms with van der Waals surface area (Å²) in [6.45, 7) is 10.3. The predicted octanol–water partition coefficient (Wildman–Crippen LogP) is 7.00. The van der Waals surface area contributed by atoms with Gasteiger partial charge in [0, 0.05) is 11.8 Å². The predicted molar refractivity (Wildman–Crippen MR) is 122 cm³/mol. The molecule has 0 amide bonds. The lowest BCUT2D eigenvalue weighted by molar-refractivity contribution is 0.340. The van der Waals surface area contributed by atoms with Crippen LogP contribution in [0.25, 0.3) is 0 Å². The maximum Gasteiger partial charge on any atom is 0.541 e. The fraction of sp³-hybridized carbons (Fsp3) is 0.250. The van der Waals surface area contributed by atoms with Crippen molar-refractivity contribution >= 4 is 13.4 Å². The molecule has 0 spiro atoms. The van der Waals surface area contributed by atoms with Crippen molar-refractivity contribution in [3.8, 4) is 17.2 Å². The van der Waals surface area contributed by atoms with E-state index < -0.39 is 7.75 Å². The second kappa shape index (κ2) is 9.27. The van der Waals surface area contributed by atoms with E-state index in [1.54, 1.807) is 24.3 Å². The van der Waals surface area contributed by atoms with Gasteiger partial charge in [0.2, 0.25) is 0 Å². The summed E-state index contributed by atoms with van der Waals surface area (Å²) in [6, 6.07) is 18.5. The van der Waals surface area contributed by atoms with Crippen molar-refractivity contribution in [1.29, 1.82) is 0 Å². The number of anilines is 1. The quantitative estimate of drug-likeness (QED) is 0.394. The monoisotopic (exact) mass is 425 g/mol. The fourth-order valence-electron chi connectivity index (χ4n) is 2.95. The minimum atomic E-state index is -3.82. The molecule has 158 valence electrons. The highest BCUT2D eigenvalue weighted by molar-refractivity contribution is 7.56. The average Bonchev–Trinajstić information content (AvgIpc) is 2.69. The Bertz CT molecular complexity index is 1020. The van der Waals surface area contributed by atoms with Crippen LogP contribution >= 0.6 is 7.75 Å². The molecule has 0 aliphatic carbocycles. The Hall–Kier alpha value is -2.91. The summed E-state index contributed by atoms with van der Waals surface area (Å²) in [5, 5.41) is 2.98. The van der Waals surface area contributed by atoms with Crippen LogP contribution in [0.5, 0.6) is 17.2 Å². The number of rotatable bonds is 8. The van der Waals surface area contributed by atoms with Crippen LogP contribution in [0, 0.1) is 27.7 Å². The second-order valence-corrected chi connectivity index (χ2v) is 8.73. The second-order valence-electron chi connectivity index (χ2n) is 7.15. The van der Waals surface area contributed by atoms with Gasteiger partial charge in [-0.25, -0.2) is 4.57 Å². The van der Waals surface area contributed by atoms with Crippen LogP contribution in [0.15, 0.2) is 60.7 Å². The van der Waals surface area contributed by atoms with Crippen molar-refractivity contribution in [3.05, 3.63) is 82.9 Å². The van der Waals surface area contributed by atoms with Crippen LogP contribution < -0.4 is 18.9 Å². The van der Waals surface area contributed by atoms with Crippen LogP contribution in [-0.4, -0.2) is 6.61 Å². The molecule has 3 rings (SSSR count). The van der Waals surface area contributed by atoms with Gasteiger partial charge in [0.1, 0.15) is 17.2 Å². The molecule has 0 heterocycles. The maximum atomic E-state index is 13.9. The molecule has 3 aromatic rings. The Morgan fingerprint density at radius 1 is 0.800 bits per heavy atom. The SMILES string of the molecule is CCOc1cccc(NP(=O)(Oc2cccc(C)c2C)Oc2cccc(C)c2C)c1. The number of benzene rings is 3. The standard InChI is InChI=1S/C24H28NO4P/c1-6-27-22-13-9-12-21(16-22)25-30(26,28-23-14-7-10-17(2)19(23)4)29-24-15-8-11-18(3)20(24)5/h7-16H,6H2,1-5H3,(H,25,26). The van der Waals surface area contributed by atoms with E-state index in [0.717, 1.165) is 22.3 Å². The van der Waals surface area contributed by atoms with Gasteiger partial charge in [-0.05, 0) is 81.1 Å². The minimum absolute atomic E-state index is 0.511. The first-order valence-corrected chi connectivity index (χ1v) is 11.5. The van der Waals surface area contributed by atoms with E-state index in [-0.39, 0.29) is 0 Å². The summed E-state index contributed by atoms with van der Waals surface area (Å²) in [4.78, 5) is 0. The highest BCUT2D eigenvalue weighted by atomic mass is 31.2. The molecule has 30 heavy (non-hydrogen) atoms. The summed E-state index contributed by atoms with van der Waals surface area (Å²) in [7, 11) is -3.82. The largest absolute Gasteiger partial charge is 0.541 e. The van der Waals surface area contributed by atoms with Gasteiger partial charge in [0.25, 0.3) is 0 Å². The van der Waals surface area contributed by atoms with Gasteiger partial charge in [0.15, 0.2) is 0 Å². The molecule has 0 aliphatic heterocycles. The number of hydrogen-bond acceptors (Lipinski definition) is 4. The Kier molecular flexibility index (Phi) is 6.73. The molecule has 0 radical (unpaired) electrons. The molecule has 5 nitrogen and oxygen atoms in total. The molecular formula is C24H28NO4P. The Morgan fingerprint density at radius 3 is 1.87 bits per heavy atom.